The van der Waals surface area contributed by atoms with Gasteiger partial charge in [0.25, 0.3) is 0 Å². The smallest absolute Gasteiger partial charge is 0.331 e. The fourth-order valence-electron chi connectivity index (χ4n) is 1.67. The summed E-state index contributed by atoms with van der Waals surface area (Å²) in [6.45, 7) is 6.40. The summed E-state index contributed by atoms with van der Waals surface area (Å²) in [6, 6.07) is 4.01. The van der Waals surface area contributed by atoms with Gasteiger partial charge in [-0.2, -0.15) is 0 Å². The first-order chi connectivity index (χ1) is 7.96. The van der Waals surface area contributed by atoms with Crippen LogP contribution in [0.2, 0.25) is 19.6 Å². The first kappa shape index (κ1) is 12.5. The maximum absolute atomic E-state index is 11.1. The molecule has 2 heterocycles. The van der Waals surface area contributed by atoms with E-state index in [0.717, 1.165) is 4.88 Å². The van der Waals surface area contributed by atoms with Gasteiger partial charge in [0.05, 0.1) is 0 Å². The van der Waals surface area contributed by atoms with Crippen LogP contribution in [0.1, 0.15) is 11.0 Å². The van der Waals surface area contributed by atoms with Crippen LogP contribution in [-0.4, -0.2) is 20.4 Å². The second-order valence-electron chi connectivity index (χ2n) is 4.93. The third-order valence-corrected chi connectivity index (χ3v) is 4.17. The van der Waals surface area contributed by atoms with Crippen molar-refractivity contribution in [3.05, 3.63) is 34.5 Å². The molecule has 3 nitrogen and oxygen atoms in total. The van der Waals surface area contributed by atoms with Crippen LogP contribution in [0.15, 0.2) is 29.7 Å². The number of ether oxygens (including phenoxy) is 1. The van der Waals surface area contributed by atoms with Gasteiger partial charge in [0.2, 0.25) is 0 Å². The minimum atomic E-state index is -1.68. The molecule has 0 unspecified atom stereocenters. The zero-order valence-corrected chi connectivity index (χ0v) is 12.0. The zero-order valence-electron chi connectivity index (χ0n) is 10.2. The number of carbonyl (C=O) groups excluding carboxylic acids is 1. The molecule has 0 radical (unpaired) electrons. The third kappa shape index (κ3) is 3.28. The van der Waals surface area contributed by atoms with E-state index in [9.17, 15) is 4.79 Å². The van der Waals surface area contributed by atoms with E-state index in [1.54, 1.807) is 17.4 Å². The minimum absolute atomic E-state index is 0.163. The quantitative estimate of drug-likeness (QED) is 0.621. The van der Waals surface area contributed by atoms with Crippen molar-refractivity contribution < 1.29 is 14.0 Å². The summed E-state index contributed by atoms with van der Waals surface area (Å²) < 4.78 is 11.4. The molecule has 0 aliphatic carbocycles. The summed E-state index contributed by atoms with van der Waals surface area (Å²) >= 11 is 1.63. The van der Waals surface area contributed by atoms with E-state index < -0.39 is 8.32 Å². The Morgan fingerprint density at radius 3 is 2.71 bits per heavy atom. The molecule has 1 aliphatic rings. The van der Waals surface area contributed by atoms with E-state index in [1.807, 2.05) is 17.5 Å². The number of hydrogen-bond acceptors (Lipinski definition) is 4. The lowest BCUT2D eigenvalue weighted by molar-refractivity contribution is -0.142. The van der Waals surface area contributed by atoms with E-state index in [4.69, 9.17) is 9.16 Å². The van der Waals surface area contributed by atoms with E-state index >= 15 is 0 Å². The molecule has 0 N–H and O–H groups in total. The second-order valence-corrected chi connectivity index (χ2v) is 10.4. The number of hydrogen-bond donors (Lipinski definition) is 0. The molecule has 0 bridgehead atoms. The molecular weight excluding hydrogens is 252 g/mol. The molecule has 2 rings (SSSR count). The van der Waals surface area contributed by atoms with Gasteiger partial charge < -0.3 is 9.16 Å². The lowest BCUT2D eigenvalue weighted by atomic mass is 10.2. The van der Waals surface area contributed by atoms with Gasteiger partial charge in [0, 0.05) is 11.0 Å². The number of rotatable bonds is 4. The predicted octanol–water partition coefficient (Wildman–Crippen LogP) is 3.12. The Kier molecular flexibility index (Phi) is 3.51. The van der Waals surface area contributed by atoms with Gasteiger partial charge in [0.1, 0.15) is 6.10 Å². The zero-order chi connectivity index (χ0) is 12.5. The highest BCUT2D eigenvalue weighted by Gasteiger charge is 2.33. The van der Waals surface area contributed by atoms with Crippen molar-refractivity contribution in [3.63, 3.8) is 0 Å². The fraction of sp³-hybridized carbons (Fsp3) is 0.417. The molecule has 1 aromatic rings. The van der Waals surface area contributed by atoms with Gasteiger partial charge >= 0.3 is 5.97 Å². The lowest BCUT2D eigenvalue weighted by Gasteiger charge is -2.28. The molecule has 1 aromatic heterocycles. The number of esters is 1. The van der Waals surface area contributed by atoms with Crippen LogP contribution in [-0.2, 0) is 14.0 Å². The van der Waals surface area contributed by atoms with E-state index in [2.05, 4.69) is 19.6 Å². The first-order valence-corrected chi connectivity index (χ1v) is 9.84. The summed E-state index contributed by atoms with van der Waals surface area (Å²) in [4.78, 5) is 12.3. The van der Waals surface area contributed by atoms with Crippen molar-refractivity contribution in [1.29, 1.82) is 0 Å². The standard InChI is InChI=1S/C12H16O3SSi/c1-17(2,3)15-12(10-5-4-8-16-10)9-6-7-11(13)14-9/h4-9,12H,1-3H3/t9-,12+/m0/s1. The Hall–Kier alpha value is -0.913. The van der Waals surface area contributed by atoms with Crippen LogP contribution in [0.3, 0.4) is 0 Å². The summed E-state index contributed by atoms with van der Waals surface area (Å²) in [5.41, 5.74) is 0. The highest BCUT2D eigenvalue weighted by Crippen LogP contribution is 2.32. The molecule has 0 spiro atoms. The summed E-state index contributed by atoms with van der Waals surface area (Å²) in [7, 11) is -1.68. The Bertz CT molecular complexity index is 419. The largest absolute Gasteiger partial charge is 0.452 e. The van der Waals surface area contributed by atoms with Crippen LogP contribution in [0.25, 0.3) is 0 Å². The first-order valence-electron chi connectivity index (χ1n) is 5.56. The Balaban J connectivity index is 2.19. The Morgan fingerprint density at radius 2 is 2.24 bits per heavy atom. The van der Waals surface area contributed by atoms with E-state index in [0.29, 0.717) is 0 Å². The molecular formula is C12H16O3SSi. The molecule has 0 saturated heterocycles. The molecule has 92 valence electrons. The number of cyclic esters (lactones) is 1. The predicted molar refractivity (Wildman–Crippen MR) is 70.5 cm³/mol. The second kappa shape index (κ2) is 4.76. The fourth-order valence-corrected chi connectivity index (χ4v) is 3.57. The summed E-state index contributed by atoms with van der Waals surface area (Å²) in [6.07, 6.45) is 2.81. The molecule has 0 aromatic carbocycles. The highest BCUT2D eigenvalue weighted by atomic mass is 32.1. The molecule has 2 atom stereocenters. The van der Waals surface area contributed by atoms with Crippen LogP contribution < -0.4 is 0 Å². The van der Waals surface area contributed by atoms with Crippen LogP contribution in [0, 0.1) is 0 Å². The molecule has 1 aliphatic heterocycles. The molecule has 0 fully saturated rings. The average molecular weight is 268 g/mol. The van der Waals surface area contributed by atoms with Gasteiger partial charge in [-0.05, 0) is 37.2 Å². The monoisotopic (exact) mass is 268 g/mol. The van der Waals surface area contributed by atoms with Crippen molar-refractivity contribution in [3.8, 4) is 0 Å². The number of carbonyl (C=O) groups is 1. The van der Waals surface area contributed by atoms with Crippen molar-refractivity contribution in [2.45, 2.75) is 31.8 Å². The van der Waals surface area contributed by atoms with Crippen molar-refractivity contribution in [1.82, 2.24) is 0 Å². The topological polar surface area (TPSA) is 35.5 Å². The highest BCUT2D eigenvalue weighted by molar-refractivity contribution is 7.10. The summed E-state index contributed by atoms with van der Waals surface area (Å²) in [5.74, 6) is -0.282. The third-order valence-electron chi connectivity index (χ3n) is 2.28. The Labute approximate surface area is 106 Å². The van der Waals surface area contributed by atoms with Crippen LogP contribution >= 0.6 is 11.3 Å². The maximum atomic E-state index is 11.1. The SMILES string of the molecule is C[Si](C)(C)O[C@@H](c1cccs1)[C@@H]1C=CC(=O)O1. The van der Waals surface area contributed by atoms with Crippen molar-refractivity contribution in [2.75, 3.05) is 0 Å². The normalized spacial score (nSPS) is 21.6. The van der Waals surface area contributed by atoms with Gasteiger partial charge in [-0.1, -0.05) is 6.07 Å². The van der Waals surface area contributed by atoms with Gasteiger partial charge in [-0.15, -0.1) is 11.3 Å². The lowest BCUT2D eigenvalue weighted by Crippen LogP contribution is -2.33. The summed E-state index contributed by atoms with van der Waals surface area (Å²) in [5, 5.41) is 2.01. The molecule has 5 heteroatoms. The van der Waals surface area contributed by atoms with E-state index in [1.165, 1.54) is 6.08 Å². The molecule has 0 amide bonds. The van der Waals surface area contributed by atoms with Crippen molar-refractivity contribution in [2.24, 2.45) is 0 Å². The minimum Gasteiger partial charge on any atom is -0.452 e. The molecule has 0 saturated carbocycles. The Morgan fingerprint density at radius 1 is 1.47 bits per heavy atom. The average Bonchev–Trinajstić information content (AvgIpc) is 2.83. The van der Waals surface area contributed by atoms with Gasteiger partial charge in [0.15, 0.2) is 14.4 Å². The van der Waals surface area contributed by atoms with E-state index in [-0.39, 0.29) is 18.2 Å². The van der Waals surface area contributed by atoms with Crippen molar-refractivity contribution >= 4 is 25.6 Å². The number of thiophene rings is 1. The maximum Gasteiger partial charge on any atom is 0.331 e. The van der Waals surface area contributed by atoms with Crippen LogP contribution in [0.4, 0.5) is 0 Å². The van der Waals surface area contributed by atoms with Gasteiger partial charge in [-0.3, -0.25) is 0 Å². The molecule has 17 heavy (non-hydrogen) atoms. The van der Waals surface area contributed by atoms with Crippen LogP contribution in [0.5, 0.6) is 0 Å². The van der Waals surface area contributed by atoms with Gasteiger partial charge in [-0.25, -0.2) is 4.79 Å².